The van der Waals surface area contributed by atoms with Crippen LogP contribution in [0, 0.1) is 12.3 Å². The summed E-state index contributed by atoms with van der Waals surface area (Å²) in [6.45, 7) is 2.23. The van der Waals surface area contributed by atoms with Crippen molar-refractivity contribution < 1.29 is 28.9 Å². The summed E-state index contributed by atoms with van der Waals surface area (Å²) in [5, 5.41) is 20.0. The number of thiazole rings is 1. The number of nitrogens with one attached hydrogen (secondary N) is 1. The van der Waals surface area contributed by atoms with E-state index in [1.165, 1.54) is 35.0 Å². The second kappa shape index (κ2) is 11.8. The average molecular weight is 590 g/mol. The number of aliphatic carboxylic acids is 1. The van der Waals surface area contributed by atoms with Crippen LogP contribution in [0.1, 0.15) is 12.6 Å². The molecule has 4 heterocycles. The first-order valence-corrected chi connectivity index (χ1v) is 14.2. The van der Waals surface area contributed by atoms with Gasteiger partial charge in [-0.15, -0.1) is 29.5 Å². The summed E-state index contributed by atoms with van der Waals surface area (Å²) < 4.78 is 1.74. The Hall–Kier alpha value is -4.01. The normalized spacial score (nSPS) is 18.7. The molecule has 7 N–H and O–H groups in total. The van der Waals surface area contributed by atoms with Crippen molar-refractivity contribution in [3.8, 4) is 12.3 Å². The van der Waals surface area contributed by atoms with Crippen LogP contribution in [-0.2, 0) is 25.8 Å². The number of thioether (sulfide) groups is 2. The maximum Gasteiger partial charge on any atom is 0.301 e. The highest BCUT2D eigenvalue weighted by molar-refractivity contribution is 8.01. The molecule has 0 aliphatic carbocycles. The number of anilines is 3. The molecule has 2 aromatic rings. The zero-order chi connectivity index (χ0) is 28.3. The fourth-order valence-corrected chi connectivity index (χ4v) is 6.98. The number of nitrogens with zero attached hydrogens (tertiary/aromatic N) is 5. The van der Waals surface area contributed by atoms with Gasteiger partial charge in [-0.1, -0.05) is 16.1 Å². The van der Waals surface area contributed by atoms with Crippen LogP contribution in [0.5, 0.6) is 0 Å². The van der Waals surface area contributed by atoms with E-state index < -0.39 is 29.2 Å². The molecule has 1 saturated heterocycles. The first-order chi connectivity index (χ1) is 18.7. The minimum absolute atomic E-state index is 0.140. The monoisotopic (exact) mass is 589 g/mol. The first kappa shape index (κ1) is 28.0. The molecule has 1 fully saturated rings. The standard InChI is InChI=1S/C22H23N9O5S3/c1-3-5-36-29-14(11-9-38-21(25)26-11)17(32)28-15-18(33)31-16(20(34)35)10(7-37-19(15)31)8-39-22-27-12(23)6-13(24)30(22)4-2/h1,6,9,15,19H,4-5,7-8H2,2H3,(H7,23,24,25,26,28,32,34,35)/b29-14-. The van der Waals surface area contributed by atoms with E-state index in [4.69, 9.17) is 28.5 Å². The number of hydrogen-bond acceptors (Lipinski definition) is 14. The Morgan fingerprint density at radius 2 is 2.18 bits per heavy atom. The van der Waals surface area contributed by atoms with Crippen LogP contribution in [0.4, 0.5) is 16.8 Å². The molecule has 17 heteroatoms. The quantitative estimate of drug-likeness (QED) is 0.0350. The van der Waals surface area contributed by atoms with Gasteiger partial charge < -0.3 is 37.3 Å². The van der Waals surface area contributed by atoms with Gasteiger partial charge in [0, 0.05) is 16.9 Å². The highest BCUT2D eigenvalue weighted by Crippen LogP contribution is 2.41. The maximum atomic E-state index is 13.1. The van der Waals surface area contributed by atoms with Crippen molar-refractivity contribution in [2.24, 2.45) is 5.16 Å². The zero-order valence-electron chi connectivity index (χ0n) is 20.4. The third-order valence-corrected chi connectivity index (χ3v) is 8.64. The summed E-state index contributed by atoms with van der Waals surface area (Å²) in [6.07, 6.45) is 5.16. The van der Waals surface area contributed by atoms with Crippen molar-refractivity contribution in [2.75, 3.05) is 35.3 Å². The molecule has 0 saturated carbocycles. The van der Waals surface area contributed by atoms with Crippen LogP contribution in [0.15, 0.2) is 33.0 Å². The molecular formula is C22H23N9O5S3. The van der Waals surface area contributed by atoms with Crippen LogP contribution >= 0.6 is 34.9 Å². The molecule has 0 aromatic carbocycles. The Morgan fingerprint density at radius 1 is 1.41 bits per heavy atom. The molecule has 2 atom stereocenters. The van der Waals surface area contributed by atoms with Crippen LogP contribution < -0.4 is 32.2 Å². The molecule has 4 rings (SSSR count). The summed E-state index contributed by atoms with van der Waals surface area (Å²) in [4.78, 5) is 52.6. The summed E-state index contributed by atoms with van der Waals surface area (Å²) in [5.41, 5.74) is 17.7. The fourth-order valence-electron chi connectivity index (χ4n) is 3.85. The second-order valence-electron chi connectivity index (χ2n) is 8.01. The average Bonchev–Trinajstić information content (AvgIpc) is 3.33. The zero-order valence-corrected chi connectivity index (χ0v) is 22.9. The fraction of sp³-hybridized carbons (Fsp3) is 0.318. The summed E-state index contributed by atoms with van der Waals surface area (Å²) in [5.74, 6) is 0.484. The summed E-state index contributed by atoms with van der Waals surface area (Å²) in [7, 11) is 0. The van der Waals surface area contributed by atoms with Gasteiger partial charge in [-0.3, -0.25) is 14.5 Å². The Kier molecular flexibility index (Phi) is 8.47. The van der Waals surface area contributed by atoms with Gasteiger partial charge in [0.05, 0.1) is 24.3 Å². The number of carboxylic acid groups (broad SMARTS) is 1. The lowest BCUT2D eigenvalue weighted by Gasteiger charge is -2.50. The number of aromatic nitrogens is 3. The van der Waals surface area contributed by atoms with Gasteiger partial charge in [-0.05, 0) is 24.3 Å². The lowest BCUT2D eigenvalue weighted by Crippen LogP contribution is -2.71. The molecule has 14 nitrogen and oxygen atoms in total. The van der Waals surface area contributed by atoms with Crippen molar-refractivity contribution >= 4 is 75.1 Å². The number of amides is 2. The number of carbonyl (C=O) groups is 3. The highest BCUT2D eigenvalue weighted by atomic mass is 32.2. The summed E-state index contributed by atoms with van der Waals surface area (Å²) >= 11 is 3.63. The molecule has 2 aliphatic heterocycles. The number of carbonyl (C=O) groups excluding carboxylic acids is 3. The van der Waals surface area contributed by atoms with Gasteiger partial charge in [0.25, 0.3) is 11.8 Å². The Labute approximate surface area is 235 Å². The van der Waals surface area contributed by atoms with Crippen LogP contribution in [0.3, 0.4) is 0 Å². The van der Waals surface area contributed by atoms with Crippen LogP contribution in [0.2, 0.25) is 0 Å². The van der Waals surface area contributed by atoms with E-state index in [9.17, 15) is 19.5 Å². The van der Waals surface area contributed by atoms with Crippen LogP contribution in [0.25, 0.3) is 0 Å². The van der Waals surface area contributed by atoms with E-state index >= 15 is 0 Å². The van der Waals surface area contributed by atoms with E-state index in [0.717, 1.165) is 16.2 Å². The van der Waals surface area contributed by atoms with Gasteiger partial charge in [0.2, 0.25) is 11.6 Å². The Balaban J connectivity index is 1.52. The molecule has 39 heavy (non-hydrogen) atoms. The molecule has 0 spiro atoms. The van der Waals surface area contributed by atoms with E-state index in [2.05, 4.69) is 26.4 Å². The molecular weight excluding hydrogens is 567 g/mol. The number of fused-ring (bicyclic) bond motifs is 1. The number of β-lactam (4-membered cyclic amide) rings is 1. The van der Waals surface area contributed by atoms with E-state index in [0.29, 0.717) is 23.1 Å². The number of terminal acetylenes is 1. The number of rotatable bonds is 10. The van der Waals surface area contributed by atoms with Crippen LogP contribution in [-0.4, -0.2) is 67.9 Å². The minimum Gasteiger partial charge on any atom is -0.543 e. The second-order valence-corrected chi connectivity index (χ2v) is 10.9. The minimum atomic E-state index is -1.50. The van der Waals surface area contributed by atoms with Crippen molar-refractivity contribution in [3.05, 3.63) is 28.4 Å². The molecule has 2 aliphatic rings. The number of carboxylic acids is 1. The molecule has 0 radical (unpaired) electrons. The highest BCUT2D eigenvalue weighted by Gasteiger charge is 2.53. The van der Waals surface area contributed by atoms with E-state index in [-0.39, 0.29) is 46.2 Å². The lowest BCUT2D eigenvalue weighted by atomic mass is 10.0. The van der Waals surface area contributed by atoms with Gasteiger partial charge in [0.1, 0.15) is 17.1 Å². The predicted octanol–water partition coefficient (Wildman–Crippen LogP) is -1.86. The Morgan fingerprint density at radius 3 is 2.82 bits per heavy atom. The Bertz CT molecular complexity index is 1430. The van der Waals surface area contributed by atoms with Gasteiger partial charge in [-0.25, -0.2) is 9.55 Å². The van der Waals surface area contributed by atoms with Crippen molar-refractivity contribution in [1.29, 1.82) is 0 Å². The SMILES string of the molecule is C#CCO/N=C(\C(=O)NC1C(=O)N2C(C(=O)[O-])=C(CSc3nc(N)cc(N)[n+]3CC)CSC12)c1csc(N)n1. The number of hydrogen-bond donors (Lipinski definition) is 4. The lowest BCUT2D eigenvalue weighted by molar-refractivity contribution is -0.719. The van der Waals surface area contributed by atoms with E-state index in [1.807, 2.05) is 6.92 Å². The smallest absolute Gasteiger partial charge is 0.301 e. The maximum absolute atomic E-state index is 13.1. The van der Waals surface area contributed by atoms with E-state index in [1.54, 1.807) is 4.57 Å². The van der Waals surface area contributed by atoms with Gasteiger partial charge in [-0.2, -0.15) is 0 Å². The number of oxime groups is 1. The third kappa shape index (κ3) is 5.72. The molecule has 0 bridgehead atoms. The van der Waals surface area contributed by atoms with Crippen molar-refractivity contribution in [2.45, 2.75) is 30.0 Å². The third-order valence-electron chi connectivity index (χ3n) is 5.57. The number of nitrogen functional groups attached to an aromatic ring is 3. The summed E-state index contributed by atoms with van der Waals surface area (Å²) in [6, 6.07) is 0.520. The predicted molar refractivity (Wildman–Crippen MR) is 145 cm³/mol. The number of nitrogens with two attached hydrogens (primary N) is 3. The molecule has 2 aromatic heterocycles. The van der Waals surface area contributed by atoms with Crippen molar-refractivity contribution in [1.82, 2.24) is 20.2 Å². The molecule has 2 unspecified atom stereocenters. The van der Waals surface area contributed by atoms with Crippen molar-refractivity contribution in [3.63, 3.8) is 0 Å². The largest absolute Gasteiger partial charge is 0.543 e. The van der Waals surface area contributed by atoms with Gasteiger partial charge in [0.15, 0.2) is 17.5 Å². The topological polar surface area (TPSA) is 219 Å². The first-order valence-electron chi connectivity index (χ1n) is 11.3. The van der Waals surface area contributed by atoms with Gasteiger partial charge >= 0.3 is 5.16 Å². The molecule has 2 amide bonds. The molecule has 204 valence electrons.